The van der Waals surface area contributed by atoms with Gasteiger partial charge in [0, 0.05) is 25.1 Å². The topological polar surface area (TPSA) is 74.3 Å². The molecule has 1 atom stereocenters. The molecule has 0 aliphatic carbocycles. The maximum atomic E-state index is 13.6. The Morgan fingerprint density at radius 1 is 1.00 bits per heavy atom. The predicted molar refractivity (Wildman–Crippen MR) is 133 cm³/mol. The Morgan fingerprint density at radius 2 is 1.76 bits per heavy atom. The number of benzene rings is 3. The molecule has 0 radical (unpaired) electrons. The highest BCUT2D eigenvalue weighted by Gasteiger charge is 2.37. The van der Waals surface area contributed by atoms with Crippen LogP contribution in [-0.2, 0) is 21.3 Å². The average molecular weight is 550 g/mol. The molecular formula is C27H26F3NO6S. The first-order valence-electron chi connectivity index (χ1n) is 12.1. The van der Waals surface area contributed by atoms with Crippen LogP contribution in [0.4, 0.5) is 13.2 Å². The van der Waals surface area contributed by atoms with Gasteiger partial charge in [0.1, 0.15) is 23.4 Å². The zero-order chi connectivity index (χ0) is 26.9. The van der Waals surface area contributed by atoms with Gasteiger partial charge < -0.3 is 18.9 Å². The SMILES string of the molecule is Cc1ccccc1-c1cc2c(c(OC3CCOC3)c1)OCCN(S(=O)(=O)c1ccccc1OC(F)(F)F)C2. The van der Waals surface area contributed by atoms with Gasteiger partial charge in [-0.05, 0) is 47.9 Å². The van der Waals surface area contributed by atoms with Crippen molar-refractivity contribution in [3.05, 3.63) is 71.8 Å². The van der Waals surface area contributed by atoms with E-state index in [1.54, 1.807) is 0 Å². The monoisotopic (exact) mass is 549 g/mol. The van der Waals surface area contributed by atoms with E-state index in [1.807, 2.05) is 43.3 Å². The van der Waals surface area contributed by atoms with Crippen LogP contribution in [-0.4, -0.2) is 51.6 Å². The standard InChI is InChI=1S/C27H26F3NO6S/c1-18-6-2-3-7-22(18)19-14-20-16-31(11-13-35-26(20)24(15-19)36-21-10-12-34-17-21)38(32,33)25-9-5-4-8-23(25)37-27(28,29)30/h2-9,14-15,21H,10-13,16-17H2,1H3. The van der Waals surface area contributed by atoms with E-state index in [2.05, 4.69) is 4.74 Å². The molecule has 1 fully saturated rings. The molecule has 7 nitrogen and oxygen atoms in total. The second kappa shape index (κ2) is 10.5. The number of hydrogen-bond acceptors (Lipinski definition) is 6. The van der Waals surface area contributed by atoms with Crippen LogP contribution in [0.2, 0.25) is 0 Å². The van der Waals surface area contributed by atoms with Crippen molar-refractivity contribution >= 4 is 10.0 Å². The Morgan fingerprint density at radius 3 is 2.50 bits per heavy atom. The molecule has 38 heavy (non-hydrogen) atoms. The van der Waals surface area contributed by atoms with Gasteiger partial charge in [0.2, 0.25) is 10.0 Å². The lowest BCUT2D eigenvalue weighted by atomic mass is 9.98. The first-order valence-corrected chi connectivity index (χ1v) is 13.5. The van der Waals surface area contributed by atoms with Gasteiger partial charge in [0.25, 0.3) is 0 Å². The number of sulfonamides is 1. The van der Waals surface area contributed by atoms with Crippen molar-refractivity contribution in [1.29, 1.82) is 0 Å². The summed E-state index contributed by atoms with van der Waals surface area (Å²) in [6.07, 6.45) is -4.51. The van der Waals surface area contributed by atoms with Crippen LogP contribution >= 0.6 is 0 Å². The second-order valence-electron chi connectivity index (χ2n) is 9.06. The predicted octanol–water partition coefficient (Wildman–Crippen LogP) is 5.31. The van der Waals surface area contributed by atoms with Gasteiger partial charge in [-0.15, -0.1) is 13.2 Å². The third-order valence-electron chi connectivity index (χ3n) is 6.40. The van der Waals surface area contributed by atoms with Crippen molar-refractivity contribution in [2.45, 2.75) is 37.3 Å². The molecule has 202 valence electrons. The molecule has 0 bridgehead atoms. The highest BCUT2D eigenvalue weighted by atomic mass is 32.2. The smallest absolute Gasteiger partial charge is 0.488 e. The molecule has 0 spiro atoms. The fourth-order valence-corrected chi connectivity index (χ4v) is 6.12. The lowest BCUT2D eigenvalue weighted by Crippen LogP contribution is -2.33. The van der Waals surface area contributed by atoms with E-state index in [0.29, 0.717) is 36.7 Å². The van der Waals surface area contributed by atoms with Gasteiger partial charge in [-0.25, -0.2) is 8.42 Å². The molecular weight excluding hydrogens is 523 g/mol. The zero-order valence-electron chi connectivity index (χ0n) is 20.5. The maximum absolute atomic E-state index is 13.6. The summed E-state index contributed by atoms with van der Waals surface area (Å²) in [6.45, 7) is 2.75. The zero-order valence-corrected chi connectivity index (χ0v) is 21.3. The van der Waals surface area contributed by atoms with Crippen LogP contribution in [0.3, 0.4) is 0 Å². The summed E-state index contributed by atoms with van der Waals surface area (Å²) < 4.78 is 89.0. The first kappa shape index (κ1) is 26.3. The van der Waals surface area contributed by atoms with Crippen LogP contribution in [0.5, 0.6) is 17.2 Å². The molecule has 1 saturated heterocycles. The number of fused-ring (bicyclic) bond motifs is 1. The molecule has 2 heterocycles. The van der Waals surface area contributed by atoms with Gasteiger partial charge in [-0.3, -0.25) is 0 Å². The van der Waals surface area contributed by atoms with Gasteiger partial charge in [0.05, 0.1) is 13.2 Å². The van der Waals surface area contributed by atoms with Gasteiger partial charge in [-0.1, -0.05) is 36.4 Å². The average Bonchev–Trinajstić information content (AvgIpc) is 3.27. The summed E-state index contributed by atoms with van der Waals surface area (Å²) in [4.78, 5) is -0.574. The minimum Gasteiger partial charge on any atom is -0.488 e. The number of alkyl halides is 3. The summed E-state index contributed by atoms with van der Waals surface area (Å²) in [5.74, 6) is 0.0902. The number of halogens is 3. The van der Waals surface area contributed by atoms with Crippen LogP contribution in [0.25, 0.3) is 11.1 Å². The summed E-state index contributed by atoms with van der Waals surface area (Å²) >= 11 is 0. The summed E-state index contributed by atoms with van der Waals surface area (Å²) in [6, 6.07) is 16.2. The summed E-state index contributed by atoms with van der Waals surface area (Å²) in [5.41, 5.74) is 3.29. The Bertz CT molecular complexity index is 1420. The fraction of sp³-hybridized carbons (Fsp3) is 0.333. The van der Waals surface area contributed by atoms with E-state index in [-0.39, 0.29) is 25.8 Å². The van der Waals surface area contributed by atoms with E-state index < -0.39 is 27.0 Å². The van der Waals surface area contributed by atoms with Crippen molar-refractivity contribution in [2.75, 3.05) is 26.4 Å². The molecule has 3 aromatic carbocycles. The molecule has 3 aromatic rings. The second-order valence-corrected chi connectivity index (χ2v) is 11.0. The molecule has 11 heteroatoms. The molecule has 0 saturated carbocycles. The minimum atomic E-state index is -5.04. The van der Waals surface area contributed by atoms with Gasteiger partial charge >= 0.3 is 6.36 Å². The highest BCUT2D eigenvalue weighted by Crippen LogP contribution is 2.41. The molecule has 1 unspecified atom stereocenters. The third-order valence-corrected chi connectivity index (χ3v) is 8.28. The Kier molecular flexibility index (Phi) is 7.26. The molecule has 5 rings (SSSR count). The normalized spacial score (nSPS) is 18.4. The molecule has 0 amide bonds. The first-order chi connectivity index (χ1) is 18.1. The molecule has 0 N–H and O–H groups in total. The van der Waals surface area contributed by atoms with Crippen LogP contribution < -0.4 is 14.2 Å². The van der Waals surface area contributed by atoms with Crippen LogP contribution in [0.1, 0.15) is 17.5 Å². The number of para-hydroxylation sites is 1. The van der Waals surface area contributed by atoms with E-state index in [4.69, 9.17) is 14.2 Å². The quantitative estimate of drug-likeness (QED) is 0.415. The van der Waals surface area contributed by atoms with Crippen molar-refractivity contribution in [3.63, 3.8) is 0 Å². The number of hydrogen-bond donors (Lipinski definition) is 0. The highest BCUT2D eigenvalue weighted by molar-refractivity contribution is 7.89. The van der Waals surface area contributed by atoms with Crippen molar-refractivity contribution in [3.8, 4) is 28.4 Å². The van der Waals surface area contributed by atoms with E-state index in [0.717, 1.165) is 33.1 Å². The Hall–Kier alpha value is -3.28. The Labute approximate surface area is 218 Å². The summed E-state index contributed by atoms with van der Waals surface area (Å²) in [5, 5.41) is 0. The minimum absolute atomic E-state index is 0.0181. The summed E-state index contributed by atoms with van der Waals surface area (Å²) in [7, 11) is -4.38. The van der Waals surface area contributed by atoms with Crippen LogP contribution in [0, 0.1) is 6.92 Å². The molecule has 0 aromatic heterocycles. The van der Waals surface area contributed by atoms with E-state index >= 15 is 0 Å². The van der Waals surface area contributed by atoms with Gasteiger partial charge in [0.15, 0.2) is 11.5 Å². The van der Waals surface area contributed by atoms with E-state index in [1.165, 1.54) is 12.1 Å². The molecule has 2 aliphatic rings. The van der Waals surface area contributed by atoms with Crippen molar-refractivity contribution in [1.82, 2.24) is 4.31 Å². The third kappa shape index (κ3) is 5.59. The lowest BCUT2D eigenvalue weighted by molar-refractivity contribution is -0.275. The van der Waals surface area contributed by atoms with Crippen molar-refractivity contribution in [2.24, 2.45) is 0 Å². The Balaban J connectivity index is 1.56. The number of rotatable bonds is 6. The maximum Gasteiger partial charge on any atom is 0.573 e. The fourth-order valence-electron chi connectivity index (χ4n) is 4.60. The van der Waals surface area contributed by atoms with Crippen molar-refractivity contribution < 1.29 is 40.5 Å². The van der Waals surface area contributed by atoms with Gasteiger partial charge in [-0.2, -0.15) is 4.31 Å². The number of nitrogens with zero attached hydrogens (tertiary/aromatic N) is 1. The lowest BCUT2D eigenvalue weighted by Gasteiger charge is -2.22. The molecule has 2 aliphatic heterocycles. The van der Waals surface area contributed by atoms with Crippen LogP contribution in [0.15, 0.2) is 65.6 Å². The number of aryl methyl sites for hydroxylation is 1. The largest absolute Gasteiger partial charge is 0.573 e. The van der Waals surface area contributed by atoms with E-state index in [9.17, 15) is 21.6 Å². The number of ether oxygens (including phenoxy) is 4.